The van der Waals surface area contributed by atoms with E-state index in [1.165, 1.54) is 0 Å². The lowest BCUT2D eigenvalue weighted by molar-refractivity contribution is -0.146. The Morgan fingerprint density at radius 2 is 1.95 bits per heavy atom. The quantitative estimate of drug-likeness (QED) is 0.614. The normalized spacial score (nSPS) is 11.7. The summed E-state index contributed by atoms with van der Waals surface area (Å²) >= 11 is 3.31. The maximum atomic E-state index is 11.3. The first-order chi connectivity index (χ1) is 9.49. The first-order valence-corrected chi connectivity index (χ1v) is 6.84. The van der Waals surface area contributed by atoms with E-state index in [1.807, 2.05) is 24.3 Å². The second-order valence-corrected chi connectivity index (χ2v) is 4.98. The average Bonchev–Trinajstić information content (AvgIpc) is 2.42. The number of hydrogen-bond acceptors (Lipinski definition) is 4. The van der Waals surface area contributed by atoms with Crippen LogP contribution in [0.3, 0.4) is 0 Å². The molecule has 0 heterocycles. The monoisotopic (exact) mass is 345 g/mol. The van der Waals surface area contributed by atoms with Crippen molar-refractivity contribution in [2.75, 3.05) is 13.2 Å². The lowest BCUT2D eigenvalue weighted by Gasteiger charge is -2.08. The summed E-state index contributed by atoms with van der Waals surface area (Å²) in [5.74, 6) is -0.955. The summed E-state index contributed by atoms with van der Waals surface area (Å²) < 4.78 is 6.39. The zero-order valence-corrected chi connectivity index (χ0v) is 12.3. The summed E-state index contributed by atoms with van der Waals surface area (Å²) in [5, 5.41) is 19.7. The fraction of sp³-hybridized carbons (Fsp3) is 0.385. The SMILES string of the molecule is O=C(CCCOc1ccc(Br)cc1)NCC(O)C(=O)O. The highest BCUT2D eigenvalue weighted by atomic mass is 79.9. The number of ether oxygens (including phenoxy) is 1. The molecule has 0 saturated carbocycles. The second kappa shape index (κ2) is 8.55. The van der Waals surface area contributed by atoms with Gasteiger partial charge in [0.2, 0.25) is 5.91 Å². The van der Waals surface area contributed by atoms with E-state index in [4.69, 9.17) is 14.9 Å². The molecule has 1 aromatic rings. The molecule has 0 spiro atoms. The van der Waals surface area contributed by atoms with Crippen molar-refractivity contribution in [2.45, 2.75) is 18.9 Å². The van der Waals surface area contributed by atoms with Gasteiger partial charge in [0, 0.05) is 10.9 Å². The lowest BCUT2D eigenvalue weighted by Crippen LogP contribution is -2.36. The van der Waals surface area contributed by atoms with E-state index in [0.717, 1.165) is 10.2 Å². The lowest BCUT2D eigenvalue weighted by atomic mass is 10.3. The molecule has 0 aliphatic rings. The second-order valence-electron chi connectivity index (χ2n) is 4.06. The zero-order chi connectivity index (χ0) is 15.0. The Hall–Kier alpha value is -1.60. The topological polar surface area (TPSA) is 95.9 Å². The fourth-order valence-electron chi connectivity index (χ4n) is 1.34. The van der Waals surface area contributed by atoms with Crippen LogP contribution in [0.4, 0.5) is 0 Å². The van der Waals surface area contributed by atoms with E-state index in [2.05, 4.69) is 21.2 Å². The molecule has 0 aliphatic heterocycles. The highest BCUT2D eigenvalue weighted by molar-refractivity contribution is 9.10. The minimum atomic E-state index is -1.57. The Morgan fingerprint density at radius 1 is 1.30 bits per heavy atom. The Kier molecular flexibility index (Phi) is 7.03. The predicted molar refractivity (Wildman–Crippen MR) is 75.5 cm³/mol. The molecule has 0 fully saturated rings. The molecule has 1 rings (SSSR count). The molecule has 0 aromatic heterocycles. The van der Waals surface area contributed by atoms with Gasteiger partial charge in [-0.1, -0.05) is 15.9 Å². The van der Waals surface area contributed by atoms with Crippen molar-refractivity contribution in [2.24, 2.45) is 0 Å². The molecule has 7 heteroatoms. The van der Waals surface area contributed by atoms with Crippen LogP contribution in [0.1, 0.15) is 12.8 Å². The van der Waals surface area contributed by atoms with Crippen LogP contribution in [0.15, 0.2) is 28.7 Å². The number of halogens is 1. The molecule has 20 heavy (non-hydrogen) atoms. The van der Waals surface area contributed by atoms with Crippen molar-refractivity contribution >= 4 is 27.8 Å². The summed E-state index contributed by atoms with van der Waals surface area (Å²) in [6.45, 7) is 0.0955. The number of aliphatic carboxylic acids is 1. The van der Waals surface area contributed by atoms with Crippen molar-refractivity contribution in [3.8, 4) is 5.75 Å². The number of rotatable bonds is 8. The summed E-state index contributed by atoms with van der Waals surface area (Å²) in [6, 6.07) is 7.34. The molecule has 1 amide bonds. The Balaban J connectivity index is 2.13. The maximum Gasteiger partial charge on any atom is 0.334 e. The van der Waals surface area contributed by atoms with Gasteiger partial charge in [-0.05, 0) is 30.7 Å². The highest BCUT2D eigenvalue weighted by Crippen LogP contribution is 2.16. The minimum Gasteiger partial charge on any atom is -0.494 e. The number of carbonyl (C=O) groups excluding carboxylic acids is 1. The number of amides is 1. The third-order valence-electron chi connectivity index (χ3n) is 2.41. The van der Waals surface area contributed by atoms with Crippen LogP contribution in [0.25, 0.3) is 0 Å². The fourth-order valence-corrected chi connectivity index (χ4v) is 1.60. The molecule has 1 aromatic carbocycles. The van der Waals surface area contributed by atoms with Gasteiger partial charge in [0.05, 0.1) is 13.2 Å². The van der Waals surface area contributed by atoms with Crippen LogP contribution in [-0.2, 0) is 9.59 Å². The summed E-state index contributed by atoms with van der Waals surface area (Å²) in [4.78, 5) is 21.7. The smallest absolute Gasteiger partial charge is 0.334 e. The van der Waals surface area contributed by atoms with E-state index in [1.54, 1.807) is 0 Å². The molecule has 6 nitrogen and oxygen atoms in total. The van der Waals surface area contributed by atoms with E-state index < -0.39 is 12.1 Å². The van der Waals surface area contributed by atoms with Crippen LogP contribution < -0.4 is 10.1 Å². The number of carbonyl (C=O) groups is 2. The number of nitrogens with one attached hydrogen (secondary N) is 1. The van der Waals surface area contributed by atoms with Crippen LogP contribution in [0.2, 0.25) is 0 Å². The number of hydrogen-bond donors (Lipinski definition) is 3. The van der Waals surface area contributed by atoms with Crippen molar-refractivity contribution in [1.29, 1.82) is 0 Å². The third kappa shape index (κ3) is 6.53. The van der Waals surface area contributed by atoms with Crippen LogP contribution >= 0.6 is 15.9 Å². The largest absolute Gasteiger partial charge is 0.494 e. The van der Waals surface area contributed by atoms with Gasteiger partial charge in [0.25, 0.3) is 0 Å². The first kappa shape index (κ1) is 16.5. The number of benzene rings is 1. The van der Waals surface area contributed by atoms with Gasteiger partial charge in [-0.15, -0.1) is 0 Å². The number of carboxylic acid groups (broad SMARTS) is 1. The van der Waals surface area contributed by atoms with Crippen LogP contribution in [-0.4, -0.2) is 41.3 Å². The summed E-state index contributed by atoms with van der Waals surface area (Å²) in [6.07, 6.45) is -0.855. The van der Waals surface area contributed by atoms with Gasteiger partial charge >= 0.3 is 5.97 Å². The molecule has 0 radical (unpaired) electrons. The average molecular weight is 346 g/mol. The molecular formula is C13H16BrNO5. The van der Waals surface area contributed by atoms with Gasteiger partial charge in [0.1, 0.15) is 5.75 Å². The first-order valence-electron chi connectivity index (χ1n) is 6.05. The number of aliphatic hydroxyl groups excluding tert-OH is 1. The van der Waals surface area contributed by atoms with Crippen molar-refractivity contribution in [1.82, 2.24) is 5.32 Å². The Bertz CT molecular complexity index is 449. The zero-order valence-electron chi connectivity index (χ0n) is 10.7. The van der Waals surface area contributed by atoms with E-state index in [0.29, 0.717) is 13.0 Å². The molecule has 1 unspecified atom stereocenters. The standard InChI is InChI=1S/C13H16BrNO5/c14-9-3-5-10(6-4-9)20-7-1-2-12(17)15-8-11(16)13(18)19/h3-6,11,16H,1-2,7-8H2,(H,15,17)(H,18,19). The van der Waals surface area contributed by atoms with E-state index in [-0.39, 0.29) is 18.9 Å². The van der Waals surface area contributed by atoms with E-state index >= 15 is 0 Å². The summed E-state index contributed by atoms with van der Waals surface area (Å²) in [5.41, 5.74) is 0. The molecule has 3 N–H and O–H groups in total. The molecule has 0 bridgehead atoms. The summed E-state index contributed by atoms with van der Waals surface area (Å²) in [7, 11) is 0. The van der Waals surface area contributed by atoms with Crippen molar-refractivity contribution in [3.63, 3.8) is 0 Å². The Morgan fingerprint density at radius 3 is 2.55 bits per heavy atom. The van der Waals surface area contributed by atoms with Crippen LogP contribution in [0.5, 0.6) is 5.75 Å². The molecule has 0 saturated heterocycles. The molecule has 110 valence electrons. The number of aliphatic hydroxyl groups is 1. The molecule has 1 atom stereocenters. The van der Waals surface area contributed by atoms with Crippen molar-refractivity contribution < 1.29 is 24.5 Å². The third-order valence-corrected chi connectivity index (χ3v) is 2.94. The van der Waals surface area contributed by atoms with Crippen LogP contribution in [0, 0.1) is 0 Å². The van der Waals surface area contributed by atoms with Gasteiger partial charge in [-0.2, -0.15) is 0 Å². The minimum absolute atomic E-state index is 0.211. The van der Waals surface area contributed by atoms with Gasteiger partial charge in [-0.3, -0.25) is 4.79 Å². The van der Waals surface area contributed by atoms with Crippen molar-refractivity contribution in [3.05, 3.63) is 28.7 Å². The van der Waals surface area contributed by atoms with Gasteiger partial charge < -0.3 is 20.3 Å². The molecular weight excluding hydrogens is 330 g/mol. The Labute approximate surface area is 124 Å². The highest BCUT2D eigenvalue weighted by Gasteiger charge is 2.13. The predicted octanol–water partition coefficient (Wildman–Crippen LogP) is 1.17. The van der Waals surface area contributed by atoms with E-state index in [9.17, 15) is 9.59 Å². The van der Waals surface area contributed by atoms with Gasteiger partial charge in [0.15, 0.2) is 6.10 Å². The maximum absolute atomic E-state index is 11.3. The number of carboxylic acids is 1. The molecule has 0 aliphatic carbocycles. The van der Waals surface area contributed by atoms with Gasteiger partial charge in [-0.25, -0.2) is 4.79 Å².